The maximum atomic E-state index is 13.2. The summed E-state index contributed by atoms with van der Waals surface area (Å²) in [4.78, 5) is 50.4. The number of hydrogen-bond acceptors (Lipinski definition) is 6. The number of benzene rings is 2. The molecule has 4 heterocycles. The Balaban J connectivity index is 1.13. The van der Waals surface area contributed by atoms with Gasteiger partial charge in [-0.2, -0.15) is 0 Å². The fourth-order valence-electron chi connectivity index (χ4n) is 4.87. The van der Waals surface area contributed by atoms with Crippen LogP contribution in [0.5, 0.6) is 0 Å². The fraction of sp³-hybridized carbons (Fsp3) is 0.280. The molecule has 0 saturated carbocycles. The summed E-state index contributed by atoms with van der Waals surface area (Å²) >= 11 is 2.95. The van der Waals surface area contributed by atoms with Crippen LogP contribution >= 0.6 is 23.1 Å². The van der Waals surface area contributed by atoms with Crippen molar-refractivity contribution < 1.29 is 9.59 Å². The largest absolute Gasteiger partial charge is 0.337 e. The highest BCUT2D eigenvalue weighted by atomic mass is 32.2. The van der Waals surface area contributed by atoms with Crippen LogP contribution in [0.3, 0.4) is 0 Å². The van der Waals surface area contributed by atoms with E-state index in [2.05, 4.69) is 9.97 Å². The van der Waals surface area contributed by atoms with E-state index in [0.717, 1.165) is 26.6 Å². The third kappa shape index (κ3) is 4.06. The minimum Gasteiger partial charge on any atom is -0.337 e. The molecule has 8 nitrogen and oxygen atoms in total. The van der Waals surface area contributed by atoms with Gasteiger partial charge in [-0.25, -0.2) is 9.78 Å². The van der Waals surface area contributed by atoms with Gasteiger partial charge in [0.25, 0.3) is 5.91 Å². The number of likely N-dealkylation sites (tertiary alicyclic amines) is 1. The van der Waals surface area contributed by atoms with Crippen LogP contribution < -0.4 is 10.6 Å². The quantitative estimate of drug-likeness (QED) is 0.454. The summed E-state index contributed by atoms with van der Waals surface area (Å²) in [5.74, 6) is 0.354. The number of aromatic amines is 1. The molecule has 1 fully saturated rings. The molecule has 2 aliphatic heterocycles. The van der Waals surface area contributed by atoms with Crippen molar-refractivity contribution in [1.29, 1.82) is 0 Å². The number of fused-ring (bicyclic) bond motifs is 2. The van der Waals surface area contributed by atoms with Gasteiger partial charge in [-0.05, 0) is 37.1 Å². The molecule has 2 amide bonds. The van der Waals surface area contributed by atoms with Crippen molar-refractivity contribution >= 4 is 51.6 Å². The van der Waals surface area contributed by atoms with Gasteiger partial charge in [0.15, 0.2) is 0 Å². The lowest BCUT2D eigenvalue weighted by Crippen LogP contribution is -2.40. The first kappa shape index (κ1) is 22.1. The molecule has 0 atom stereocenters. The Kier molecular flexibility index (Phi) is 5.69. The zero-order valence-corrected chi connectivity index (χ0v) is 20.5. The van der Waals surface area contributed by atoms with E-state index in [0.29, 0.717) is 43.9 Å². The number of imidazole rings is 1. The number of piperidine rings is 1. The molecule has 2 aromatic carbocycles. The number of amides is 2. The van der Waals surface area contributed by atoms with Crippen molar-refractivity contribution in [2.24, 2.45) is 0 Å². The number of carbonyl (C=O) groups is 2. The molecule has 0 radical (unpaired) electrons. The highest BCUT2D eigenvalue weighted by molar-refractivity contribution is 8.00. The van der Waals surface area contributed by atoms with Crippen LogP contribution in [0.15, 0.2) is 63.6 Å². The van der Waals surface area contributed by atoms with Crippen LogP contribution in [0.1, 0.15) is 34.4 Å². The molecule has 6 rings (SSSR count). The van der Waals surface area contributed by atoms with E-state index in [9.17, 15) is 14.4 Å². The minimum atomic E-state index is -0.104. The van der Waals surface area contributed by atoms with Crippen LogP contribution in [0.4, 0.5) is 5.69 Å². The number of thioether (sulfide) groups is 1. The van der Waals surface area contributed by atoms with Gasteiger partial charge in [-0.15, -0.1) is 23.1 Å². The highest BCUT2D eigenvalue weighted by Gasteiger charge is 2.29. The summed E-state index contributed by atoms with van der Waals surface area (Å²) in [6.07, 6.45) is 1.42. The van der Waals surface area contributed by atoms with Gasteiger partial charge in [0, 0.05) is 29.4 Å². The highest BCUT2D eigenvalue weighted by Crippen LogP contribution is 2.36. The number of nitrogens with zero attached hydrogens (tertiary/aromatic N) is 4. The molecule has 0 spiro atoms. The monoisotopic (exact) mass is 505 g/mol. The lowest BCUT2D eigenvalue weighted by molar-refractivity contribution is -0.116. The first-order chi connectivity index (χ1) is 17.1. The van der Waals surface area contributed by atoms with Crippen LogP contribution in [0.25, 0.3) is 11.0 Å². The average molecular weight is 506 g/mol. The molecule has 0 unspecified atom stereocenters. The number of H-pyrrole nitrogens is 1. The Bertz CT molecular complexity index is 1480. The molecule has 2 aromatic heterocycles. The lowest BCUT2D eigenvalue weighted by Gasteiger charge is -2.32. The number of nitrogens with one attached hydrogen (secondary N) is 1. The van der Waals surface area contributed by atoms with Crippen molar-refractivity contribution in [2.75, 3.05) is 23.7 Å². The minimum absolute atomic E-state index is 0.0476. The summed E-state index contributed by atoms with van der Waals surface area (Å²) in [6, 6.07) is 15.6. The topological polar surface area (TPSA) is 91.3 Å². The van der Waals surface area contributed by atoms with Gasteiger partial charge >= 0.3 is 5.69 Å². The number of carbonyl (C=O) groups excluding carboxylic acids is 2. The molecule has 10 heteroatoms. The van der Waals surface area contributed by atoms with E-state index < -0.39 is 0 Å². The Morgan fingerprint density at radius 3 is 2.69 bits per heavy atom. The normalized spacial score (nSPS) is 16.6. The summed E-state index contributed by atoms with van der Waals surface area (Å²) in [6.45, 7) is 1.49. The number of rotatable bonds is 4. The van der Waals surface area contributed by atoms with Gasteiger partial charge in [-0.3, -0.25) is 14.2 Å². The van der Waals surface area contributed by atoms with Gasteiger partial charge < -0.3 is 14.8 Å². The summed E-state index contributed by atoms with van der Waals surface area (Å²) in [5, 5.41) is 2.52. The van der Waals surface area contributed by atoms with Crippen LogP contribution in [0, 0.1) is 0 Å². The Labute approximate surface area is 209 Å². The molecule has 178 valence electrons. The summed E-state index contributed by atoms with van der Waals surface area (Å²) < 4.78 is 1.82. The third-order valence-electron chi connectivity index (χ3n) is 6.61. The second-order valence-corrected chi connectivity index (χ2v) is 10.7. The Morgan fingerprint density at radius 2 is 1.83 bits per heavy atom. The van der Waals surface area contributed by atoms with Crippen molar-refractivity contribution in [1.82, 2.24) is 19.4 Å². The van der Waals surface area contributed by atoms with Crippen molar-refractivity contribution in [3.63, 3.8) is 0 Å². The van der Waals surface area contributed by atoms with Crippen molar-refractivity contribution in [3.8, 4) is 0 Å². The predicted molar refractivity (Wildman–Crippen MR) is 137 cm³/mol. The molecule has 1 saturated heterocycles. The lowest BCUT2D eigenvalue weighted by atomic mass is 10.0. The van der Waals surface area contributed by atoms with Crippen molar-refractivity contribution in [3.05, 3.63) is 75.1 Å². The van der Waals surface area contributed by atoms with Gasteiger partial charge in [-0.1, -0.05) is 24.3 Å². The summed E-state index contributed by atoms with van der Waals surface area (Å²) in [5.41, 5.74) is 2.94. The molecule has 0 bridgehead atoms. The molecule has 35 heavy (non-hydrogen) atoms. The Hall–Kier alpha value is -3.37. The van der Waals surface area contributed by atoms with Gasteiger partial charge in [0.2, 0.25) is 5.91 Å². The van der Waals surface area contributed by atoms with E-state index >= 15 is 0 Å². The number of para-hydroxylation sites is 3. The summed E-state index contributed by atoms with van der Waals surface area (Å²) in [7, 11) is 0. The van der Waals surface area contributed by atoms with Crippen LogP contribution in [0.2, 0.25) is 0 Å². The fourth-order valence-corrected chi connectivity index (χ4v) is 6.56. The SMILES string of the molecule is O=C(c1csc(CN2C(=O)CSc3ccccc32)n1)N1CCC(n2c(=O)[nH]c3ccccc32)CC1. The number of hydrogen-bond donors (Lipinski definition) is 1. The maximum Gasteiger partial charge on any atom is 0.326 e. The van der Waals surface area contributed by atoms with E-state index in [-0.39, 0.29) is 23.5 Å². The first-order valence-electron chi connectivity index (χ1n) is 11.5. The number of anilines is 1. The van der Waals surface area contributed by atoms with Crippen molar-refractivity contribution in [2.45, 2.75) is 30.3 Å². The standard InChI is InChI=1S/C25H23N5O3S2/c31-23-15-34-21-8-4-3-7-20(21)29(23)13-22-26-18(14-35-22)24(32)28-11-9-16(10-12-28)30-19-6-2-1-5-17(19)27-25(30)33/h1-8,14,16H,9-13,15H2,(H,27,33). The van der Waals surface area contributed by atoms with Crippen LogP contribution in [-0.2, 0) is 11.3 Å². The van der Waals surface area contributed by atoms with Gasteiger partial charge in [0.05, 0.1) is 29.0 Å². The molecule has 1 N–H and O–H groups in total. The van der Waals surface area contributed by atoms with Crippen LogP contribution in [-0.4, -0.2) is 50.1 Å². The van der Waals surface area contributed by atoms with E-state index in [1.165, 1.54) is 11.3 Å². The molecular weight excluding hydrogens is 482 g/mol. The molecule has 2 aliphatic rings. The van der Waals surface area contributed by atoms with E-state index in [1.807, 2.05) is 58.0 Å². The first-order valence-corrected chi connectivity index (χ1v) is 13.4. The third-order valence-corrected chi connectivity index (χ3v) is 8.49. The molecule has 0 aliphatic carbocycles. The second kappa shape index (κ2) is 9.01. The average Bonchev–Trinajstić information content (AvgIpc) is 3.49. The molecule has 4 aromatic rings. The Morgan fingerprint density at radius 1 is 1.06 bits per heavy atom. The van der Waals surface area contributed by atoms with E-state index in [4.69, 9.17) is 0 Å². The number of aromatic nitrogens is 3. The molecular formula is C25H23N5O3S2. The second-order valence-electron chi connectivity index (χ2n) is 8.70. The predicted octanol–water partition coefficient (Wildman–Crippen LogP) is 3.90. The zero-order valence-electron chi connectivity index (χ0n) is 18.8. The van der Waals surface area contributed by atoms with Gasteiger partial charge in [0.1, 0.15) is 10.7 Å². The maximum absolute atomic E-state index is 13.2. The smallest absolute Gasteiger partial charge is 0.326 e. The van der Waals surface area contributed by atoms with E-state index in [1.54, 1.807) is 22.0 Å². The number of thiazole rings is 1. The zero-order chi connectivity index (χ0) is 23.9.